The number of rotatable bonds is 7. The minimum atomic E-state index is -0.375. The third-order valence-electron chi connectivity index (χ3n) is 3.55. The van der Waals surface area contributed by atoms with E-state index in [1.807, 2.05) is 26.0 Å². The second-order valence-corrected chi connectivity index (χ2v) is 4.99. The average molecular weight is 292 g/mol. The lowest BCUT2D eigenvalue weighted by Crippen LogP contribution is -2.49. The summed E-state index contributed by atoms with van der Waals surface area (Å²) in [7, 11) is 0. The second kappa shape index (κ2) is 8.12. The zero-order valence-electron chi connectivity index (χ0n) is 12.7. The van der Waals surface area contributed by atoms with Crippen molar-refractivity contribution in [3.05, 3.63) is 35.4 Å². The topological polar surface area (TPSA) is 59.6 Å². The molecule has 0 radical (unpaired) electrons. The van der Waals surface area contributed by atoms with Crippen LogP contribution in [0.2, 0.25) is 0 Å². The zero-order valence-corrected chi connectivity index (χ0v) is 12.7. The lowest BCUT2D eigenvalue weighted by atomic mass is 9.95. The van der Waals surface area contributed by atoms with Crippen molar-refractivity contribution in [2.75, 3.05) is 19.8 Å². The molecule has 1 aromatic carbocycles. The molecule has 0 aromatic heterocycles. The molecular weight excluding hydrogens is 268 g/mol. The predicted molar refractivity (Wildman–Crippen MR) is 80.8 cm³/mol. The van der Waals surface area contributed by atoms with Crippen LogP contribution >= 0.6 is 0 Å². The maximum atomic E-state index is 12.2. The lowest BCUT2D eigenvalue weighted by Gasteiger charge is -2.26. The molecule has 0 bridgehead atoms. The summed E-state index contributed by atoms with van der Waals surface area (Å²) < 4.78 is 10.8. The van der Waals surface area contributed by atoms with Crippen LogP contribution in [0.1, 0.15) is 25.0 Å². The summed E-state index contributed by atoms with van der Waals surface area (Å²) in [6, 6.07) is 8.02. The first kappa shape index (κ1) is 15.9. The number of hydrogen-bond acceptors (Lipinski definition) is 4. The van der Waals surface area contributed by atoms with Crippen molar-refractivity contribution >= 4 is 5.91 Å². The summed E-state index contributed by atoms with van der Waals surface area (Å²) in [5, 5.41) is 6.17. The lowest BCUT2D eigenvalue weighted by molar-refractivity contribution is -0.141. The van der Waals surface area contributed by atoms with Crippen LogP contribution in [0.25, 0.3) is 0 Å². The van der Waals surface area contributed by atoms with Crippen LogP contribution in [0.4, 0.5) is 0 Å². The fourth-order valence-electron chi connectivity index (χ4n) is 2.48. The summed E-state index contributed by atoms with van der Waals surface area (Å²) in [4.78, 5) is 12.2. The molecule has 0 aliphatic carbocycles. The molecule has 5 heteroatoms. The van der Waals surface area contributed by atoms with Gasteiger partial charge in [-0.3, -0.25) is 4.79 Å². The largest absolute Gasteiger partial charge is 0.351 e. The minimum absolute atomic E-state index is 0.00564. The molecule has 1 amide bonds. The molecule has 2 rings (SSSR count). The van der Waals surface area contributed by atoms with E-state index in [0.717, 1.165) is 13.0 Å². The number of hydrogen-bond donors (Lipinski definition) is 2. The van der Waals surface area contributed by atoms with Crippen molar-refractivity contribution in [2.24, 2.45) is 0 Å². The van der Waals surface area contributed by atoms with Gasteiger partial charge in [0.25, 0.3) is 0 Å². The van der Waals surface area contributed by atoms with E-state index in [1.165, 1.54) is 11.1 Å². The molecule has 0 unspecified atom stereocenters. The van der Waals surface area contributed by atoms with E-state index in [0.29, 0.717) is 19.8 Å². The molecule has 1 aromatic rings. The molecule has 5 nitrogen and oxygen atoms in total. The highest BCUT2D eigenvalue weighted by molar-refractivity contribution is 5.82. The van der Waals surface area contributed by atoms with Crippen LogP contribution in [0.5, 0.6) is 0 Å². The molecule has 0 spiro atoms. The van der Waals surface area contributed by atoms with Crippen LogP contribution in [0, 0.1) is 0 Å². The first-order valence-corrected chi connectivity index (χ1v) is 7.55. The van der Waals surface area contributed by atoms with E-state index in [1.54, 1.807) is 0 Å². The van der Waals surface area contributed by atoms with Gasteiger partial charge in [-0.2, -0.15) is 0 Å². The third-order valence-corrected chi connectivity index (χ3v) is 3.55. The Balaban J connectivity index is 1.84. The number of ether oxygens (including phenoxy) is 2. The average Bonchev–Trinajstić information content (AvgIpc) is 2.52. The maximum Gasteiger partial charge on any atom is 0.237 e. The first-order valence-electron chi connectivity index (χ1n) is 7.55. The minimum Gasteiger partial charge on any atom is -0.351 e. The monoisotopic (exact) mass is 292 g/mol. The van der Waals surface area contributed by atoms with Crippen LogP contribution in [0.3, 0.4) is 0 Å². The smallest absolute Gasteiger partial charge is 0.237 e. The number of nitrogens with one attached hydrogen (secondary N) is 2. The van der Waals surface area contributed by atoms with Gasteiger partial charge in [-0.15, -0.1) is 0 Å². The van der Waals surface area contributed by atoms with Gasteiger partial charge in [0, 0.05) is 19.8 Å². The Morgan fingerprint density at radius 2 is 1.95 bits per heavy atom. The van der Waals surface area contributed by atoms with Gasteiger partial charge in [-0.1, -0.05) is 24.3 Å². The highest BCUT2D eigenvalue weighted by Crippen LogP contribution is 2.16. The Morgan fingerprint density at radius 1 is 1.29 bits per heavy atom. The van der Waals surface area contributed by atoms with Crippen LogP contribution in [-0.2, 0) is 27.2 Å². The van der Waals surface area contributed by atoms with Gasteiger partial charge in [0.1, 0.15) is 0 Å². The molecule has 2 N–H and O–H groups in total. The highest BCUT2D eigenvalue weighted by atomic mass is 16.7. The van der Waals surface area contributed by atoms with Crippen molar-refractivity contribution in [1.29, 1.82) is 0 Å². The first-order chi connectivity index (χ1) is 10.2. The fraction of sp³-hybridized carbons (Fsp3) is 0.562. The van der Waals surface area contributed by atoms with Gasteiger partial charge < -0.3 is 20.1 Å². The number of fused-ring (bicyclic) bond motifs is 1. The van der Waals surface area contributed by atoms with E-state index in [2.05, 4.69) is 22.8 Å². The van der Waals surface area contributed by atoms with Gasteiger partial charge in [-0.25, -0.2) is 0 Å². The molecule has 0 fully saturated rings. The van der Waals surface area contributed by atoms with Gasteiger partial charge in [0.2, 0.25) is 5.91 Å². The number of carbonyl (C=O) groups excluding carboxylic acids is 1. The predicted octanol–water partition coefficient (Wildman–Crippen LogP) is 1.22. The van der Waals surface area contributed by atoms with E-state index >= 15 is 0 Å². The van der Waals surface area contributed by atoms with Gasteiger partial charge in [0.05, 0.1) is 12.6 Å². The second-order valence-electron chi connectivity index (χ2n) is 4.99. The summed E-state index contributed by atoms with van der Waals surface area (Å²) >= 11 is 0. The zero-order chi connectivity index (χ0) is 15.1. The normalized spacial score (nSPS) is 17.6. The van der Waals surface area contributed by atoms with E-state index in [4.69, 9.17) is 9.47 Å². The van der Waals surface area contributed by atoms with Crippen molar-refractivity contribution in [3.8, 4) is 0 Å². The molecule has 21 heavy (non-hydrogen) atoms. The molecular formula is C16H24N2O3. The summed E-state index contributed by atoms with van der Waals surface area (Å²) in [6.45, 7) is 6.06. The van der Waals surface area contributed by atoms with Crippen LogP contribution in [0.15, 0.2) is 24.3 Å². The Morgan fingerprint density at radius 3 is 2.62 bits per heavy atom. The summed E-state index contributed by atoms with van der Waals surface area (Å²) in [6.07, 6.45) is 0.343. The Hall–Kier alpha value is -1.43. The van der Waals surface area contributed by atoms with Crippen molar-refractivity contribution in [1.82, 2.24) is 10.6 Å². The van der Waals surface area contributed by atoms with Crippen molar-refractivity contribution in [3.63, 3.8) is 0 Å². The molecule has 1 aliphatic heterocycles. The van der Waals surface area contributed by atoms with Crippen LogP contribution < -0.4 is 10.6 Å². The molecule has 1 heterocycles. The Kier molecular flexibility index (Phi) is 6.17. The van der Waals surface area contributed by atoms with Crippen molar-refractivity contribution < 1.29 is 14.3 Å². The third kappa shape index (κ3) is 4.52. The number of benzene rings is 1. The molecule has 116 valence electrons. The highest BCUT2D eigenvalue weighted by Gasteiger charge is 2.24. The van der Waals surface area contributed by atoms with E-state index in [9.17, 15) is 4.79 Å². The maximum absolute atomic E-state index is 12.2. The van der Waals surface area contributed by atoms with E-state index < -0.39 is 0 Å². The Labute approximate surface area is 126 Å². The molecule has 1 aliphatic rings. The SMILES string of the molecule is CCOC(CNC(=O)[C@H]1Cc2ccccc2CN1)OCC. The van der Waals surface area contributed by atoms with Gasteiger partial charge >= 0.3 is 0 Å². The summed E-state index contributed by atoms with van der Waals surface area (Å²) in [5.74, 6) is -0.00564. The molecule has 0 saturated heterocycles. The quantitative estimate of drug-likeness (QED) is 0.742. The molecule has 0 saturated carbocycles. The van der Waals surface area contributed by atoms with Gasteiger partial charge in [-0.05, 0) is 31.4 Å². The fourth-order valence-corrected chi connectivity index (χ4v) is 2.48. The van der Waals surface area contributed by atoms with Gasteiger partial charge in [0.15, 0.2) is 6.29 Å². The standard InChI is InChI=1S/C16H24N2O3/c1-3-20-15(21-4-2)11-18-16(19)14-9-12-7-5-6-8-13(12)10-17-14/h5-8,14-15,17H,3-4,9-11H2,1-2H3,(H,18,19)/t14-/m1/s1. The number of amides is 1. The molecule has 1 atom stereocenters. The summed E-state index contributed by atoms with van der Waals surface area (Å²) in [5.41, 5.74) is 2.51. The number of carbonyl (C=O) groups is 1. The Bertz CT molecular complexity index is 459. The van der Waals surface area contributed by atoms with E-state index in [-0.39, 0.29) is 18.2 Å². The van der Waals surface area contributed by atoms with Crippen molar-refractivity contribution in [2.45, 2.75) is 39.1 Å². The van der Waals surface area contributed by atoms with Crippen LogP contribution in [-0.4, -0.2) is 38.0 Å².